The summed E-state index contributed by atoms with van der Waals surface area (Å²) in [5.41, 5.74) is 2.39. The Labute approximate surface area is 176 Å². The first-order valence-corrected chi connectivity index (χ1v) is 10.0. The molecule has 2 N–H and O–H groups in total. The predicted octanol–water partition coefficient (Wildman–Crippen LogP) is 2.73. The maximum atomic E-state index is 12.4. The Morgan fingerprint density at radius 3 is 2.43 bits per heavy atom. The van der Waals surface area contributed by atoms with Crippen molar-refractivity contribution >= 4 is 29.3 Å². The molecule has 2 aromatic carbocycles. The van der Waals surface area contributed by atoms with Gasteiger partial charge in [-0.3, -0.25) is 9.69 Å². The van der Waals surface area contributed by atoms with Gasteiger partial charge < -0.3 is 20.1 Å². The Balaban J connectivity index is 1.45. The van der Waals surface area contributed by atoms with Gasteiger partial charge in [0.25, 0.3) is 0 Å². The number of ether oxygens (including phenoxy) is 1. The lowest BCUT2D eigenvalue weighted by atomic mass is 10.2. The molecule has 158 valence electrons. The van der Waals surface area contributed by atoms with Crippen LogP contribution in [0.5, 0.6) is 5.75 Å². The summed E-state index contributed by atoms with van der Waals surface area (Å²) in [7, 11) is 0. The molecule has 0 bridgehead atoms. The van der Waals surface area contributed by atoms with Gasteiger partial charge >= 0.3 is 5.97 Å². The average Bonchev–Trinajstić information content (AvgIpc) is 2.74. The van der Waals surface area contributed by atoms with Crippen LogP contribution in [-0.2, 0) is 14.3 Å². The Morgan fingerprint density at radius 2 is 1.77 bits per heavy atom. The zero-order valence-electron chi connectivity index (χ0n) is 17.1. The van der Waals surface area contributed by atoms with Crippen LogP contribution in [0.1, 0.15) is 12.5 Å². The molecule has 1 saturated heterocycles. The molecule has 7 heteroatoms. The first kappa shape index (κ1) is 21.4. The molecule has 0 atom stereocenters. The second kappa shape index (κ2) is 10.5. The number of amides is 1. The van der Waals surface area contributed by atoms with Crippen molar-refractivity contribution < 1.29 is 19.4 Å². The molecule has 0 saturated carbocycles. The molecule has 0 aliphatic carbocycles. The van der Waals surface area contributed by atoms with Gasteiger partial charge in [-0.25, -0.2) is 4.79 Å². The number of hydrogen-bond donors (Lipinski definition) is 2. The van der Waals surface area contributed by atoms with Gasteiger partial charge in [0.15, 0.2) is 0 Å². The normalized spacial score (nSPS) is 14.6. The standard InChI is InChI=1S/C23H27N3O4/c1-2-30-23(29)12-9-18-7-10-19(11-8-18)24-22(28)17-25-13-15-26(16-14-25)20-5-3-4-6-21(20)27/h3-12,27H,2,13-17H2,1H3,(H,24,28)/b12-9+. The molecule has 2 aromatic rings. The van der Waals surface area contributed by atoms with Gasteiger partial charge in [0.2, 0.25) is 5.91 Å². The predicted molar refractivity (Wildman–Crippen MR) is 117 cm³/mol. The Bertz CT molecular complexity index is 888. The topological polar surface area (TPSA) is 82.1 Å². The maximum absolute atomic E-state index is 12.4. The highest BCUT2D eigenvalue weighted by Crippen LogP contribution is 2.27. The van der Waals surface area contributed by atoms with Gasteiger partial charge in [-0.15, -0.1) is 0 Å². The number of nitrogens with one attached hydrogen (secondary N) is 1. The zero-order chi connectivity index (χ0) is 21.3. The van der Waals surface area contributed by atoms with Crippen molar-refractivity contribution in [2.75, 3.05) is 49.5 Å². The number of esters is 1. The maximum Gasteiger partial charge on any atom is 0.330 e. The van der Waals surface area contributed by atoms with Crippen LogP contribution in [0.25, 0.3) is 6.08 Å². The summed E-state index contributed by atoms with van der Waals surface area (Å²) in [4.78, 5) is 28.0. The monoisotopic (exact) mass is 409 g/mol. The summed E-state index contributed by atoms with van der Waals surface area (Å²) >= 11 is 0. The zero-order valence-corrected chi connectivity index (χ0v) is 17.1. The molecule has 1 fully saturated rings. The van der Waals surface area contributed by atoms with Gasteiger partial charge in [0.05, 0.1) is 18.8 Å². The Kier molecular flexibility index (Phi) is 7.45. The minimum Gasteiger partial charge on any atom is -0.506 e. The lowest BCUT2D eigenvalue weighted by molar-refractivity contribution is -0.137. The summed E-state index contributed by atoms with van der Waals surface area (Å²) in [5, 5.41) is 12.9. The molecule has 1 aliphatic rings. The van der Waals surface area contributed by atoms with Crippen LogP contribution in [0.15, 0.2) is 54.6 Å². The van der Waals surface area contributed by atoms with E-state index >= 15 is 0 Å². The largest absolute Gasteiger partial charge is 0.506 e. The summed E-state index contributed by atoms with van der Waals surface area (Å²) in [6.45, 7) is 5.44. The van der Waals surface area contributed by atoms with Crippen LogP contribution < -0.4 is 10.2 Å². The van der Waals surface area contributed by atoms with Gasteiger partial charge in [0, 0.05) is 37.9 Å². The van der Waals surface area contributed by atoms with E-state index in [9.17, 15) is 14.7 Å². The van der Waals surface area contributed by atoms with Crippen LogP contribution in [-0.4, -0.2) is 61.2 Å². The lowest BCUT2D eigenvalue weighted by Crippen LogP contribution is -2.48. The number of carbonyl (C=O) groups is 2. The number of hydrogen-bond acceptors (Lipinski definition) is 6. The number of rotatable bonds is 7. The first-order valence-electron chi connectivity index (χ1n) is 10.0. The molecule has 0 spiro atoms. The third-order valence-corrected chi connectivity index (χ3v) is 4.85. The SMILES string of the molecule is CCOC(=O)/C=C/c1ccc(NC(=O)CN2CCN(c3ccccc3O)CC2)cc1. The van der Waals surface area contributed by atoms with E-state index in [0.717, 1.165) is 37.4 Å². The molecule has 0 radical (unpaired) electrons. The fourth-order valence-electron chi connectivity index (χ4n) is 3.31. The number of para-hydroxylation sites is 2. The molecular formula is C23H27N3O4. The Morgan fingerprint density at radius 1 is 1.07 bits per heavy atom. The van der Waals surface area contributed by atoms with Gasteiger partial charge in [-0.1, -0.05) is 24.3 Å². The minimum atomic E-state index is -0.377. The summed E-state index contributed by atoms with van der Waals surface area (Å²) in [5.74, 6) is -0.164. The van der Waals surface area contributed by atoms with Crippen LogP contribution in [0.3, 0.4) is 0 Å². The quantitative estimate of drug-likeness (QED) is 0.541. The van der Waals surface area contributed by atoms with Crippen molar-refractivity contribution in [2.24, 2.45) is 0 Å². The fourth-order valence-corrected chi connectivity index (χ4v) is 3.31. The van der Waals surface area contributed by atoms with E-state index in [0.29, 0.717) is 18.8 Å². The van der Waals surface area contributed by atoms with Crippen molar-refractivity contribution in [1.82, 2.24) is 4.90 Å². The molecule has 30 heavy (non-hydrogen) atoms. The summed E-state index contributed by atoms with van der Waals surface area (Å²) in [6, 6.07) is 14.6. The van der Waals surface area contributed by atoms with Crippen molar-refractivity contribution in [3.63, 3.8) is 0 Å². The third-order valence-electron chi connectivity index (χ3n) is 4.85. The highest BCUT2D eigenvalue weighted by Gasteiger charge is 2.20. The highest BCUT2D eigenvalue weighted by molar-refractivity contribution is 5.92. The number of phenolic OH excluding ortho intramolecular Hbond substituents is 1. The van der Waals surface area contributed by atoms with Crippen molar-refractivity contribution in [1.29, 1.82) is 0 Å². The highest BCUT2D eigenvalue weighted by atomic mass is 16.5. The van der Waals surface area contributed by atoms with Gasteiger partial charge in [0.1, 0.15) is 5.75 Å². The van der Waals surface area contributed by atoms with Crippen molar-refractivity contribution in [3.8, 4) is 5.75 Å². The van der Waals surface area contributed by atoms with Crippen LogP contribution in [0, 0.1) is 0 Å². The number of nitrogens with zero attached hydrogens (tertiary/aromatic N) is 2. The summed E-state index contributed by atoms with van der Waals surface area (Å²) < 4.78 is 4.85. The number of piperazine rings is 1. The van der Waals surface area contributed by atoms with E-state index in [1.165, 1.54) is 6.08 Å². The number of carbonyl (C=O) groups excluding carboxylic acids is 2. The second-order valence-corrected chi connectivity index (χ2v) is 7.01. The van der Waals surface area contributed by atoms with Crippen LogP contribution in [0.4, 0.5) is 11.4 Å². The van der Waals surface area contributed by atoms with E-state index in [4.69, 9.17) is 4.74 Å². The van der Waals surface area contributed by atoms with Crippen molar-refractivity contribution in [3.05, 3.63) is 60.2 Å². The van der Waals surface area contributed by atoms with E-state index < -0.39 is 0 Å². The minimum absolute atomic E-state index is 0.0687. The number of phenols is 1. The molecule has 1 amide bonds. The number of benzene rings is 2. The fraction of sp³-hybridized carbons (Fsp3) is 0.304. The molecule has 3 rings (SSSR count). The van der Waals surface area contributed by atoms with E-state index in [2.05, 4.69) is 15.1 Å². The van der Waals surface area contributed by atoms with Gasteiger partial charge in [-0.2, -0.15) is 0 Å². The van der Waals surface area contributed by atoms with Gasteiger partial charge in [-0.05, 0) is 42.8 Å². The van der Waals surface area contributed by atoms with E-state index in [1.54, 1.807) is 31.2 Å². The third kappa shape index (κ3) is 6.09. The molecule has 7 nitrogen and oxygen atoms in total. The van der Waals surface area contributed by atoms with E-state index in [1.807, 2.05) is 30.3 Å². The molecule has 0 unspecified atom stereocenters. The summed E-state index contributed by atoms with van der Waals surface area (Å²) in [6.07, 6.45) is 3.06. The second-order valence-electron chi connectivity index (χ2n) is 7.01. The smallest absolute Gasteiger partial charge is 0.330 e. The van der Waals surface area contributed by atoms with E-state index in [-0.39, 0.29) is 17.6 Å². The number of aromatic hydroxyl groups is 1. The van der Waals surface area contributed by atoms with Crippen molar-refractivity contribution in [2.45, 2.75) is 6.92 Å². The molecular weight excluding hydrogens is 382 g/mol. The lowest BCUT2D eigenvalue weighted by Gasteiger charge is -2.35. The molecule has 1 heterocycles. The molecule has 1 aliphatic heterocycles. The number of anilines is 2. The first-order chi connectivity index (χ1) is 14.5. The van der Waals surface area contributed by atoms with Crippen LogP contribution >= 0.6 is 0 Å². The van der Waals surface area contributed by atoms with Crippen LogP contribution in [0.2, 0.25) is 0 Å². The Hall–Kier alpha value is -3.32. The average molecular weight is 409 g/mol. The molecule has 0 aromatic heterocycles.